The summed E-state index contributed by atoms with van der Waals surface area (Å²) in [4.78, 5) is 12.4. The predicted octanol–water partition coefficient (Wildman–Crippen LogP) is 3.80. The standard InChI is InChI=1S/C23H29NO5S/c1-23(2,3)19-10-12-21(13-11-19)30(26,27)24-15-17-6-8-18(9-7-17)22(25)29-16-20-5-4-14-28-20/h6-13,20,24H,4-5,14-16H2,1-3H3. The fourth-order valence-corrected chi connectivity index (χ4v) is 4.20. The second-order valence-electron chi connectivity index (χ2n) is 8.53. The lowest BCUT2D eigenvalue weighted by Crippen LogP contribution is -2.23. The van der Waals surface area contributed by atoms with E-state index < -0.39 is 16.0 Å². The number of sulfonamides is 1. The molecule has 1 aliphatic heterocycles. The van der Waals surface area contributed by atoms with Crippen LogP contribution in [-0.2, 0) is 31.5 Å². The molecule has 1 atom stereocenters. The van der Waals surface area contributed by atoms with Gasteiger partial charge in [0.1, 0.15) is 6.61 Å². The summed E-state index contributed by atoms with van der Waals surface area (Å²) in [5.74, 6) is -0.406. The van der Waals surface area contributed by atoms with Gasteiger partial charge in [-0.25, -0.2) is 17.9 Å². The maximum Gasteiger partial charge on any atom is 0.338 e. The quantitative estimate of drug-likeness (QED) is 0.675. The summed E-state index contributed by atoms with van der Waals surface area (Å²) in [6.45, 7) is 7.35. The van der Waals surface area contributed by atoms with Gasteiger partial charge >= 0.3 is 5.97 Å². The van der Waals surface area contributed by atoms with Crippen LogP contribution >= 0.6 is 0 Å². The number of nitrogens with one attached hydrogen (secondary N) is 1. The van der Waals surface area contributed by atoms with Crippen LogP contribution in [0.4, 0.5) is 0 Å². The van der Waals surface area contributed by atoms with E-state index in [1.165, 1.54) is 0 Å². The van der Waals surface area contributed by atoms with E-state index in [9.17, 15) is 13.2 Å². The molecule has 1 heterocycles. The van der Waals surface area contributed by atoms with Crippen molar-refractivity contribution in [2.75, 3.05) is 13.2 Å². The molecule has 0 aromatic heterocycles. The molecule has 1 unspecified atom stereocenters. The molecule has 0 radical (unpaired) electrons. The van der Waals surface area contributed by atoms with Crippen molar-refractivity contribution in [3.05, 3.63) is 65.2 Å². The highest BCUT2D eigenvalue weighted by Gasteiger charge is 2.19. The maximum absolute atomic E-state index is 12.6. The predicted molar refractivity (Wildman–Crippen MR) is 115 cm³/mol. The van der Waals surface area contributed by atoms with E-state index in [0.717, 1.165) is 24.0 Å². The average Bonchev–Trinajstić information content (AvgIpc) is 3.24. The molecule has 2 aromatic carbocycles. The Morgan fingerprint density at radius 3 is 2.33 bits per heavy atom. The summed E-state index contributed by atoms with van der Waals surface area (Å²) in [5, 5.41) is 0. The van der Waals surface area contributed by atoms with Gasteiger partial charge in [-0.15, -0.1) is 0 Å². The molecule has 0 saturated carbocycles. The minimum atomic E-state index is -3.62. The summed E-state index contributed by atoms with van der Waals surface area (Å²) in [6.07, 6.45) is 1.89. The summed E-state index contributed by atoms with van der Waals surface area (Å²) < 4.78 is 38.4. The molecule has 30 heavy (non-hydrogen) atoms. The fourth-order valence-electron chi connectivity index (χ4n) is 3.18. The third-order valence-electron chi connectivity index (χ3n) is 5.11. The van der Waals surface area contributed by atoms with Crippen LogP contribution in [0.15, 0.2) is 53.4 Å². The lowest BCUT2D eigenvalue weighted by molar-refractivity contribution is 0.0161. The molecule has 7 heteroatoms. The van der Waals surface area contributed by atoms with E-state index in [0.29, 0.717) is 12.2 Å². The van der Waals surface area contributed by atoms with Gasteiger partial charge in [0.05, 0.1) is 16.6 Å². The molecule has 2 aromatic rings. The number of carbonyl (C=O) groups excluding carboxylic acids is 1. The number of ether oxygens (including phenoxy) is 2. The summed E-state index contributed by atoms with van der Waals surface area (Å²) in [6, 6.07) is 13.6. The summed E-state index contributed by atoms with van der Waals surface area (Å²) >= 11 is 0. The number of rotatable bonds is 7. The van der Waals surface area contributed by atoms with Gasteiger partial charge in [-0.05, 0) is 53.6 Å². The van der Waals surface area contributed by atoms with Gasteiger partial charge in [0, 0.05) is 13.2 Å². The molecule has 0 aliphatic carbocycles. The van der Waals surface area contributed by atoms with Gasteiger partial charge in [-0.3, -0.25) is 0 Å². The van der Waals surface area contributed by atoms with Crippen LogP contribution in [0.25, 0.3) is 0 Å². The number of hydrogen-bond acceptors (Lipinski definition) is 5. The maximum atomic E-state index is 12.6. The molecule has 0 spiro atoms. The minimum Gasteiger partial charge on any atom is -0.459 e. The Hall–Kier alpha value is -2.22. The number of benzene rings is 2. The lowest BCUT2D eigenvalue weighted by Gasteiger charge is -2.19. The SMILES string of the molecule is CC(C)(C)c1ccc(S(=O)(=O)NCc2ccc(C(=O)OCC3CCCO3)cc2)cc1. The highest BCUT2D eigenvalue weighted by Crippen LogP contribution is 2.23. The van der Waals surface area contributed by atoms with Crippen molar-refractivity contribution in [2.45, 2.75) is 56.6 Å². The first kappa shape index (κ1) is 22.5. The number of hydrogen-bond donors (Lipinski definition) is 1. The molecule has 1 N–H and O–H groups in total. The molecule has 1 saturated heterocycles. The van der Waals surface area contributed by atoms with Crippen LogP contribution in [0.5, 0.6) is 0 Å². The molecule has 162 valence electrons. The van der Waals surface area contributed by atoms with Crippen LogP contribution in [0.2, 0.25) is 0 Å². The van der Waals surface area contributed by atoms with Crippen LogP contribution in [0.1, 0.15) is 55.1 Å². The van der Waals surface area contributed by atoms with Gasteiger partial charge in [0.2, 0.25) is 10.0 Å². The summed E-state index contributed by atoms with van der Waals surface area (Å²) in [7, 11) is -3.62. The van der Waals surface area contributed by atoms with Crippen LogP contribution in [0, 0.1) is 0 Å². The molecular weight excluding hydrogens is 402 g/mol. The second-order valence-corrected chi connectivity index (χ2v) is 10.3. The van der Waals surface area contributed by atoms with E-state index >= 15 is 0 Å². The average molecular weight is 432 g/mol. The zero-order valence-corrected chi connectivity index (χ0v) is 18.5. The van der Waals surface area contributed by atoms with Crippen molar-refractivity contribution in [1.82, 2.24) is 4.72 Å². The van der Waals surface area contributed by atoms with Gasteiger partial charge < -0.3 is 9.47 Å². The topological polar surface area (TPSA) is 81.7 Å². The van der Waals surface area contributed by atoms with E-state index in [-0.39, 0.29) is 29.6 Å². The molecule has 0 bridgehead atoms. The van der Waals surface area contributed by atoms with E-state index in [1.807, 2.05) is 12.1 Å². The first-order valence-electron chi connectivity index (χ1n) is 10.1. The minimum absolute atomic E-state index is 0.0138. The first-order valence-corrected chi connectivity index (χ1v) is 11.6. The second kappa shape index (κ2) is 9.29. The van der Waals surface area contributed by atoms with Gasteiger partial charge in [0.15, 0.2) is 0 Å². The summed E-state index contributed by atoms with van der Waals surface area (Å²) in [5.41, 5.74) is 2.21. The molecule has 3 rings (SSSR count). The van der Waals surface area contributed by atoms with E-state index in [4.69, 9.17) is 9.47 Å². The fraction of sp³-hybridized carbons (Fsp3) is 0.435. The lowest BCUT2D eigenvalue weighted by atomic mass is 9.87. The molecule has 1 fully saturated rings. The third-order valence-corrected chi connectivity index (χ3v) is 6.53. The van der Waals surface area contributed by atoms with Crippen molar-refractivity contribution in [3.63, 3.8) is 0 Å². The third kappa shape index (κ3) is 5.90. The zero-order chi connectivity index (χ0) is 21.8. The van der Waals surface area contributed by atoms with Crippen molar-refractivity contribution in [2.24, 2.45) is 0 Å². The van der Waals surface area contributed by atoms with Crippen molar-refractivity contribution in [3.8, 4) is 0 Å². The van der Waals surface area contributed by atoms with Crippen molar-refractivity contribution < 1.29 is 22.7 Å². The van der Waals surface area contributed by atoms with Crippen LogP contribution in [0.3, 0.4) is 0 Å². The highest BCUT2D eigenvalue weighted by atomic mass is 32.2. The number of esters is 1. The Balaban J connectivity index is 1.55. The molecule has 0 amide bonds. The smallest absolute Gasteiger partial charge is 0.338 e. The van der Waals surface area contributed by atoms with E-state index in [1.54, 1.807) is 36.4 Å². The molecule has 6 nitrogen and oxygen atoms in total. The van der Waals surface area contributed by atoms with Crippen molar-refractivity contribution >= 4 is 16.0 Å². The number of carbonyl (C=O) groups is 1. The normalized spacial score (nSPS) is 17.1. The Kier molecular flexibility index (Phi) is 6.95. The van der Waals surface area contributed by atoms with Gasteiger partial charge in [0.25, 0.3) is 0 Å². The van der Waals surface area contributed by atoms with Gasteiger partial charge in [-0.1, -0.05) is 45.0 Å². The zero-order valence-electron chi connectivity index (χ0n) is 17.7. The van der Waals surface area contributed by atoms with Crippen LogP contribution in [-0.4, -0.2) is 33.7 Å². The Morgan fingerprint density at radius 2 is 1.77 bits per heavy atom. The van der Waals surface area contributed by atoms with E-state index in [2.05, 4.69) is 25.5 Å². The van der Waals surface area contributed by atoms with Crippen molar-refractivity contribution in [1.29, 1.82) is 0 Å². The Bertz CT molecular complexity index is 954. The Morgan fingerprint density at radius 1 is 1.10 bits per heavy atom. The monoisotopic (exact) mass is 431 g/mol. The highest BCUT2D eigenvalue weighted by molar-refractivity contribution is 7.89. The molecule has 1 aliphatic rings. The first-order chi connectivity index (χ1) is 14.1. The molecular formula is C23H29NO5S. The Labute approximate surface area is 178 Å². The van der Waals surface area contributed by atoms with Crippen LogP contribution < -0.4 is 4.72 Å². The van der Waals surface area contributed by atoms with Gasteiger partial charge in [-0.2, -0.15) is 0 Å². The largest absolute Gasteiger partial charge is 0.459 e.